The molecule has 0 saturated carbocycles. The minimum Gasteiger partial charge on any atom is -0.497 e. The Hall–Kier alpha value is -4.88. The van der Waals surface area contributed by atoms with Crippen molar-refractivity contribution in [3.63, 3.8) is 0 Å². The number of ether oxygens (including phenoxy) is 1. The van der Waals surface area contributed by atoms with Gasteiger partial charge in [0.05, 0.1) is 36.0 Å². The van der Waals surface area contributed by atoms with Crippen molar-refractivity contribution < 1.29 is 23.1 Å². The first-order chi connectivity index (χ1) is 21.9. The van der Waals surface area contributed by atoms with Crippen molar-refractivity contribution >= 4 is 40.6 Å². The number of rotatable bonds is 10. The number of amides is 2. The van der Waals surface area contributed by atoms with Gasteiger partial charge in [-0.15, -0.1) is 21.5 Å². The first-order valence-corrected chi connectivity index (χ1v) is 15.7. The first kappa shape index (κ1) is 30.2. The first-order valence-electron chi connectivity index (χ1n) is 13.8. The number of nitrogens with one attached hydrogen (secondary N) is 1. The van der Waals surface area contributed by atoms with Crippen LogP contribution >= 0.6 is 23.1 Å². The van der Waals surface area contributed by atoms with Crippen molar-refractivity contribution in [3.05, 3.63) is 124 Å². The number of thioether (sulfide) groups is 1. The Bertz CT molecular complexity index is 1830. The third-order valence-corrected chi connectivity index (χ3v) is 8.93. The second-order valence-corrected chi connectivity index (χ2v) is 11.8. The monoisotopic (exact) mass is 644 g/mol. The van der Waals surface area contributed by atoms with Crippen molar-refractivity contribution in [2.45, 2.75) is 24.2 Å². The zero-order valence-electron chi connectivity index (χ0n) is 23.9. The summed E-state index contributed by atoms with van der Waals surface area (Å²) in [6.07, 6.45) is 0.492. The Morgan fingerprint density at radius 3 is 2.36 bits per heavy atom. The molecule has 0 spiro atoms. The Labute approximate surface area is 265 Å². The van der Waals surface area contributed by atoms with Crippen LogP contribution in [0.2, 0.25) is 0 Å². The molecule has 1 N–H and O–H groups in total. The second kappa shape index (κ2) is 13.4. The lowest BCUT2D eigenvalue weighted by atomic mass is 10.0. The lowest BCUT2D eigenvalue weighted by Crippen LogP contribution is -2.28. The van der Waals surface area contributed by atoms with Crippen LogP contribution in [-0.4, -0.2) is 50.2 Å². The van der Waals surface area contributed by atoms with Gasteiger partial charge in [-0.2, -0.15) is 5.10 Å². The molecule has 0 fully saturated rings. The highest BCUT2D eigenvalue weighted by molar-refractivity contribution is 7.99. The molecule has 0 radical (unpaired) electrons. The Kier molecular flexibility index (Phi) is 8.98. The Morgan fingerprint density at radius 2 is 1.69 bits per heavy atom. The smallest absolute Gasteiger partial charge is 0.253 e. The number of carbonyl (C=O) groups is 2. The van der Waals surface area contributed by atoms with Gasteiger partial charge < -0.3 is 10.1 Å². The Balaban J connectivity index is 1.22. The maximum Gasteiger partial charge on any atom is 0.253 e. The third-order valence-electron chi connectivity index (χ3n) is 7.10. The van der Waals surface area contributed by atoms with Gasteiger partial charge in [-0.05, 0) is 77.7 Å². The molecular formula is C32H26F2N6O3S2. The van der Waals surface area contributed by atoms with E-state index in [4.69, 9.17) is 4.74 Å². The number of hydrogen-bond acceptors (Lipinski definition) is 8. The molecule has 2 aromatic heterocycles. The van der Waals surface area contributed by atoms with E-state index < -0.39 is 11.9 Å². The number of nitrogens with zero attached hydrogens (tertiary/aromatic N) is 5. The molecule has 3 heterocycles. The van der Waals surface area contributed by atoms with E-state index in [1.165, 1.54) is 40.6 Å². The minimum absolute atomic E-state index is 0.0248. The van der Waals surface area contributed by atoms with E-state index in [0.717, 1.165) is 27.9 Å². The van der Waals surface area contributed by atoms with Crippen LogP contribution in [0.5, 0.6) is 5.75 Å². The summed E-state index contributed by atoms with van der Waals surface area (Å²) in [5.41, 5.74) is 2.55. The molecule has 228 valence electrons. The van der Waals surface area contributed by atoms with Crippen LogP contribution in [-0.2, 0) is 11.3 Å². The third kappa shape index (κ3) is 6.79. The lowest BCUT2D eigenvalue weighted by molar-refractivity contribution is -0.130. The van der Waals surface area contributed by atoms with E-state index in [1.807, 2.05) is 17.5 Å². The van der Waals surface area contributed by atoms with Gasteiger partial charge in [0.15, 0.2) is 11.0 Å². The number of aromatic nitrogens is 3. The summed E-state index contributed by atoms with van der Waals surface area (Å²) in [5, 5.41) is 19.9. The maximum absolute atomic E-state index is 13.8. The summed E-state index contributed by atoms with van der Waals surface area (Å²) >= 11 is 2.68. The number of hydrazone groups is 1. The number of carbonyl (C=O) groups excluding carboxylic acids is 2. The lowest BCUT2D eigenvalue weighted by Gasteiger charge is -2.22. The average Bonchev–Trinajstić information content (AvgIpc) is 3.84. The molecular weight excluding hydrogens is 619 g/mol. The van der Waals surface area contributed by atoms with Crippen LogP contribution in [0.25, 0.3) is 5.69 Å². The van der Waals surface area contributed by atoms with Crippen molar-refractivity contribution in [2.75, 3.05) is 12.9 Å². The largest absolute Gasteiger partial charge is 0.497 e. The molecule has 1 aliphatic rings. The van der Waals surface area contributed by atoms with Gasteiger partial charge in [0, 0.05) is 17.7 Å². The van der Waals surface area contributed by atoms with Gasteiger partial charge >= 0.3 is 0 Å². The maximum atomic E-state index is 13.8. The number of hydrogen-bond donors (Lipinski definition) is 1. The van der Waals surface area contributed by atoms with Crippen LogP contribution in [0, 0.1) is 11.6 Å². The molecule has 1 atom stereocenters. The summed E-state index contributed by atoms with van der Waals surface area (Å²) in [4.78, 5) is 27.4. The van der Waals surface area contributed by atoms with Crippen LogP contribution < -0.4 is 10.1 Å². The molecule has 5 aromatic rings. The number of methoxy groups -OCH3 is 1. The standard InChI is InChI=1S/C32H26F2N6O3S2/c1-43-25-14-6-21(7-15-25)31(42)35-18-29-36-37-32(39(29)24-12-10-23(34)11-13-24)45-19-30(41)40-27(20-4-8-22(33)9-5-20)17-26(38-40)28-3-2-16-44-28/h2-16,27H,17-19H2,1H3,(H,35,42). The highest BCUT2D eigenvalue weighted by atomic mass is 32.2. The van der Waals surface area contributed by atoms with Crippen molar-refractivity contribution in [1.82, 2.24) is 25.1 Å². The molecule has 1 aliphatic heterocycles. The fraction of sp³-hybridized carbons (Fsp3) is 0.156. The highest BCUT2D eigenvalue weighted by Gasteiger charge is 2.33. The summed E-state index contributed by atoms with van der Waals surface area (Å²) in [7, 11) is 1.55. The predicted octanol–water partition coefficient (Wildman–Crippen LogP) is 6.02. The number of halogens is 2. The molecule has 0 bridgehead atoms. The molecule has 0 aliphatic carbocycles. The topological polar surface area (TPSA) is 102 Å². The summed E-state index contributed by atoms with van der Waals surface area (Å²) in [5.74, 6) is -0.380. The molecule has 45 heavy (non-hydrogen) atoms. The van der Waals surface area contributed by atoms with E-state index in [2.05, 4.69) is 20.6 Å². The van der Waals surface area contributed by atoms with E-state index >= 15 is 0 Å². The summed E-state index contributed by atoms with van der Waals surface area (Å²) in [6, 6.07) is 22.0. The van der Waals surface area contributed by atoms with Gasteiger partial charge in [0.25, 0.3) is 11.8 Å². The molecule has 9 nitrogen and oxygen atoms in total. The molecule has 13 heteroatoms. The van der Waals surface area contributed by atoms with Crippen LogP contribution in [0.15, 0.2) is 101 Å². The van der Waals surface area contributed by atoms with Crippen molar-refractivity contribution in [2.24, 2.45) is 5.10 Å². The SMILES string of the molecule is COc1ccc(C(=O)NCc2nnc(SCC(=O)N3N=C(c4cccs4)CC3c3ccc(F)cc3)n2-c2ccc(F)cc2)cc1. The van der Waals surface area contributed by atoms with Crippen molar-refractivity contribution in [1.29, 1.82) is 0 Å². The van der Waals surface area contributed by atoms with Gasteiger partial charge in [-0.3, -0.25) is 14.2 Å². The molecule has 0 saturated heterocycles. The average molecular weight is 645 g/mol. The summed E-state index contributed by atoms with van der Waals surface area (Å²) < 4.78 is 34.3. The van der Waals surface area contributed by atoms with Crippen molar-refractivity contribution in [3.8, 4) is 11.4 Å². The summed E-state index contributed by atoms with van der Waals surface area (Å²) in [6.45, 7) is 0.0248. The van der Waals surface area contributed by atoms with Crippen LogP contribution in [0.1, 0.15) is 39.1 Å². The molecule has 3 aromatic carbocycles. The zero-order chi connectivity index (χ0) is 31.3. The zero-order valence-corrected chi connectivity index (χ0v) is 25.5. The fourth-order valence-corrected chi connectivity index (χ4v) is 6.37. The van der Waals surface area contributed by atoms with Gasteiger partial charge in [0.1, 0.15) is 17.4 Å². The second-order valence-electron chi connectivity index (χ2n) is 9.94. The molecule has 6 rings (SSSR count). The van der Waals surface area contributed by atoms with Gasteiger partial charge in [0.2, 0.25) is 0 Å². The van der Waals surface area contributed by atoms with Gasteiger partial charge in [-0.1, -0.05) is 30.0 Å². The minimum atomic E-state index is -0.411. The molecule has 2 amide bonds. The van der Waals surface area contributed by atoms with E-state index in [1.54, 1.807) is 60.2 Å². The predicted molar refractivity (Wildman–Crippen MR) is 168 cm³/mol. The van der Waals surface area contributed by atoms with Crippen LogP contribution in [0.4, 0.5) is 8.78 Å². The number of thiophene rings is 1. The van der Waals surface area contributed by atoms with E-state index in [0.29, 0.717) is 34.4 Å². The van der Waals surface area contributed by atoms with E-state index in [-0.39, 0.29) is 29.9 Å². The normalized spacial score (nSPS) is 14.3. The fourth-order valence-electron chi connectivity index (χ4n) is 4.83. The van der Waals surface area contributed by atoms with Gasteiger partial charge in [-0.25, -0.2) is 13.8 Å². The van der Waals surface area contributed by atoms with Crippen LogP contribution in [0.3, 0.4) is 0 Å². The Morgan fingerprint density at radius 1 is 0.978 bits per heavy atom. The van der Waals surface area contributed by atoms with E-state index in [9.17, 15) is 18.4 Å². The quantitative estimate of drug-likeness (QED) is 0.187. The highest BCUT2D eigenvalue weighted by Crippen LogP contribution is 2.35. The number of benzene rings is 3. The molecule has 1 unspecified atom stereocenters.